The number of fused-ring (bicyclic) bond motifs is 1. The summed E-state index contributed by atoms with van der Waals surface area (Å²) in [6.45, 7) is 0.577. The Hall–Kier alpha value is -2.15. The molecule has 2 atom stereocenters. The van der Waals surface area contributed by atoms with E-state index in [-0.39, 0.29) is 5.56 Å². The molecule has 0 bridgehead atoms. The molecule has 0 N–H and O–H groups in total. The van der Waals surface area contributed by atoms with Crippen LogP contribution in [0.3, 0.4) is 0 Å². The summed E-state index contributed by atoms with van der Waals surface area (Å²) in [4.78, 5) is 11.6. The van der Waals surface area contributed by atoms with E-state index in [0.29, 0.717) is 28.8 Å². The minimum atomic E-state index is -0.174. The molecule has 2 unspecified atom stereocenters. The number of halogens is 1. The Kier molecular flexibility index (Phi) is 3.68. The van der Waals surface area contributed by atoms with E-state index >= 15 is 0 Å². The summed E-state index contributed by atoms with van der Waals surface area (Å²) in [7, 11) is 3.59. The summed E-state index contributed by atoms with van der Waals surface area (Å²) in [5.41, 5.74) is 2.13. The van der Waals surface area contributed by atoms with Gasteiger partial charge in [-0.15, -0.1) is 5.10 Å². The molecule has 1 aliphatic rings. The maximum absolute atomic E-state index is 11.6. The lowest BCUT2D eigenvalue weighted by Crippen LogP contribution is -2.20. The van der Waals surface area contributed by atoms with Gasteiger partial charge in [-0.05, 0) is 28.4 Å². The normalized spacial score (nSPS) is 19.6. The molecule has 4 rings (SSSR count). The lowest BCUT2D eigenvalue weighted by atomic mass is 10.1. The Morgan fingerprint density at radius 3 is 2.83 bits per heavy atom. The highest BCUT2D eigenvalue weighted by Gasteiger charge is 2.41. The molecule has 2 aromatic heterocycles. The van der Waals surface area contributed by atoms with Gasteiger partial charge in [0.2, 0.25) is 5.88 Å². The van der Waals surface area contributed by atoms with Gasteiger partial charge in [-0.3, -0.25) is 9.48 Å². The number of hydrogen-bond acceptors (Lipinski definition) is 4. The van der Waals surface area contributed by atoms with Crippen LogP contribution in [0.5, 0.6) is 5.88 Å². The zero-order chi connectivity index (χ0) is 16.8. The van der Waals surface area contributed by atoms with Crippen molar-refractivity contribution in [3.63, 3.8) is 0 Å². The van der Waals surface area contributed by atoms with Crippen molar-refractivity contribution < 1.29 is 4.74 Å². The number of rotatable bonds is 4. The second-order valence-electron chi connectivity index (χ2n) is 6.20. The first-order valence-corrected chi connectivity index (χ1v) is 8.62. The maximum Gasteiger partial charge on any atom is 0.281 e. The van der Waals surface area contributed by atoms with Gasteiger partial charge < -0.3 is 4.74 Å². The molecule has 1 aromatic carbocycles. The summed E-state index contributed by atoms with van der Waals surface area (Å²) >= 11 is 3.23. The van der Waals surface area contributed by atoms with Crippen molar-refractivity contribution in [3.8, 4) is 5.88 Å². The van der Waals surface area contributed by atoms with E-state index in [1.54, 1.807) is 13.1 Å². The Balaban J connectivity index is 1.48. The number of aromatic nitrogens is 4. The van der Waals surface area contributed by atoms with Gasteiger partial charge in [-0.25, -0.2) is 4.68 Å². The lowest BCUT2D eigenvalue weighted by molar-refractivity contribution is 0.277. The van der Waals surface area contributed by atoms with Crippen LogP contribution in [-0.4, -0.2) is 26.2 Å². The van der Waals surface area contributed by atoms with E-state index in [4.69, 9.17) is 4.74 Å². The smallest absolute Gasteiger partial charge is 0.281 e. The van der Waals surface area contributed by atoms with Crippen molar-refractivity contribution in [2.45, 2.75) is 12.3 Å². The van der Waals surface area contributed by atoms with Gasteiger partial charge in [0.25, 0.3) is 5.56 Å². The van der Waals surface area contributed by atoms with Crippen LogP contribution in [0.1, 0.15) is 18.0 Å². The zero-order valence-electron chi connectivity index (χ0n) is 13.4. The summed E-state index contributed by atoms with van der Waals surface area (Å²) < 4.78 is 9.45. The molecule has 0 amide bonds. The third-order valence-electron chi connectivity index (χ3n) is 4.50. The summed E-state index contributed by atoms with van der Waals surface area (Å²) in [5.74, 6) is 1.31. The van der Waals surface area contributed by atoms with E-state index in [2.05, 4.69) is 38.3 Å². The van der Waals surface area contributed by atoms with Crippen molar-refractivity contribution in [2.75, 3.05) is 6.61 Å². The van der Waals surface area contributed by atoms with Gasteiger partial charge >= 0.3 is 0 Å². The van der Waals surface area contributed by atoms with Gasteiger partial charge in [-0.2, -0.15) is 5.10 Å². The Morgan fingerprint density at radius 2 is 2.04 bits per heavy atom. The molecule has 0 radical (unpaired) electrons. The fourth-order valence-electron chi connectivity index (χ4n) is 3.09. The minimum Gasteiger partial charge on any atom is -0.476 e. The molecule has 2 heterocycles. The third-order valence-corrected chi connectivity index (χ3v) is 5.07. The van der Waals surface area contributed by atoms with Crippen molar-refractivity contribution in [1.29, 1.82) is 0 Å². The fraction of sp³-hybridized carbons (Fsp3) is 0.353. The van der Waals surface area contributed by atoms with E-state index in [9.17, 15) is 4.79 Å². The van der Waals surface area contributed by atoms with Gasteiger partial charge in [0.05, 0.1) is 22.3 Å². The first kappa shape index (κ1) is 15.4. The standard InChI is InChI=1S/C17H17BrN4O2/c1-21-14-6-4-3-5-11(14)16(20-21)12-7-10(12)9-24-15-8-13(18)17(23)22(2)19-15/h3-6,8,10,12H,7,9H2,1-2H3. The number of ether oxygens (including phenoxy) is 1. The first-order valence-electron chi connectivity index (χ1n) is 7.83. The van der Waals surface area contributed by atoms with E-state index < -0.39 is 0 Å². The predicted octanol–water partition coefficient (Wildman–Crippen LogP) is 2.61. The molecule has 3 aromatic rings. The van der Waals surface area contributed by atoms with Crippen molar-refractivity contribution in [3.05, 3.63) is 50.9 Å². The number of benzene rings is 1. The van der Waals surface area contributed by atoms with Gasteiger partial charge in [0, 0.05) is 37.4 Å². The number of para-hydroxylation sites is 1. The van der Waals surface area contributed by atoms with Crippen LogP contribution < -0.4 is 10.3 Å². The average Bonchev–Trinajstić information content (AvgIpc) is 3.27. The quantitative estimate of drug-likeness (QED) is 0.688. The molecule has 0 saturated heterocycles. The third kappa shape index (κ3) is 2.62. The van der Waals surface area contributed by atoms with Crippen LogP contribution in [0.4, 0.5) is 0 Å². The number of aryl methyl sites for hydroxylation is 2. The maximum atomic E-state index is 11.6. The summed E-state index contributed by atoms with van der Waals surface area (Å²) in [5, 5.41) is 10.0. The Bertz CT molecular complexity index is 952. The topological polar surface area (TPSA) is 61.9 Å². The van der Waals surface area contributed by atoms with Gasteiger partial charge in [-0.1, -0.05) is 18.2 Å². The summed E-state index contributed by atoms with van der Waals surface area (Å²) in [6, 6.07) is 9.92. The van der Waals surface area contributed by atoms with E-state index in [0.717, 1.165) is 17.6 Å². The SMILES string of the molecule is Cn1nc(OCC2CC2c2nn(C)c3ccccc23)cc(Br)c1=O. The van der Waals surface area contributed by atoms with Crippen LogP contribution in [0.25, 0.3) is 10.9 Å². The van der Waals surface area contributed by atoms with Crippen LogP contribution in [-0.2, 0) is 14.1 Å². The molecule has 1 aliphatic carbocycles. The van der Waals surface area contributed by atoms with Gasteiger partial charge in [0.15, 0.2) is 0 Å². The highest BCUT2D eigenvalue weighted by Crippen LogP contribution is 2.48. The van der Waals surface area contributed by atoms with Crippen LogP contribution >= 0.6 is 15.9 Å². The highest BCUT2D eigenvalue weighted by molar-refractivity contribution is 9.10. The molecule has 1 fully saturated rings. The van der Waals surface area contributed by atoms with Crippen LogP contribution in [0, 0.1) is 5.92 Å². The fourth-order valence-corrected chi connectivity index (χ4v) is 3.54. The van der Waals surface area contributed by atoms with Crippen molar-refractivity contribution in [2.24, 2.45) is 20.0 Å². The highest BCUT2D eigenvalue weighted by atomic mass is 79.9. The Labute approximate surface area is 147 Å². The van der Waals surface area contributed by atoms with E-state index in [1.165, 1.54) is 10.1 Å². The molecule has 7 heteroatoms. The van der Waals surface area contributed by atoms with Gasteiger partial charge in [0.1, 0.15) is 0 Å². The van der Waals surface area contributed by atoms with Crippen molar-refractivity contribution >= 4 is 26.8 Å². The second-order valence-corrected chi connectivity index (χ2v) is 7.05. The molecular weight excluding hydrogens is 372 g/mol. The molecule has 1 saturated carbocycles. The average molecular weight is 389 g/mol. The van der Waals surface area contributed by atoms with Crippen LogP contribution in [0.15, 0.2) is 39.6 Å². The monoisotopic (exact) mass is 388 g/mol. The summed E-state index contributed by atoms with van der Waals surface area (Å²) in [6.07, 6.45) is 1.06. The molecular formula is C17H17BrN4O2. The van der Waals surface area contributed by atoms with Crippen LogP contribution in [0.2, 0.25) is 0 Å². The lowest BCUT2D eigenvalue weighted by Gasteiger charge is -2.06. The molecule has 0 aliphatic heterocycles. The zero-order valence-corrected chi connectivity index (χ0v) is 15.0. The molecule has 6 nitrogen and oxygen atoms in total. The second kappa shape index (κ2) is 5.73. The minimum absolute atomic E-state index is 0.174. The van der Waals surface area contributed by atoms with E-state index in [1.807, 2.05) is 23.9 Å². The molecule has 24 heavy (non-hydrogen) atoms. The Morgan fingerprint density at radius 1 is 1.25 bits per heavy atom. The number of hydrogen-bond donors (Lipinski definition) is 0. The van der Waals surface area contributed by atoms with Crippen molar-refractivity contribution in [1.82, 2.24) is 19.6 Å². The molecule has 0 spiro atoms. The first-order chi connectivity index (χ1) is 11.5. The predicted molar refractivity (Wildman–Crippen MR) is 94.2 cm³/mol. The molecule has 124 valence electrons. The number of nitrogens with zero attached hydrogens (tertiary/aromatic N) is 4. The largest absolute Gasteiger partial charge is 0.476 e.